The van der Waals surface area contributed by atoms with Crippen molar-refractivity contribution >= 4 is 6.21 Å². The van der Waals surface area contributed by atoms with Crippen molar-refractivity contribution in [2.24, 2.45) is 10.4 Å². The van der Waals surface area contributed by atoms with Gasteiger partial charge in [-0.15, -0.1) is 0 Å². The molecule has 1 heteroatoms. The molecule has 0 fully saturated rings. The molecule has 1 heterocycles. The lowest BCUT2D eigenvalue weighted by molar-refractivity contribution is 0.349. The number of rotatable bonds is 3. The van der Waals surface area contributed by atoms with Gasteiger partial charge in [-0.2, -0.15) is 0 Å². The van der Waals surface area contributed by atoms with E-state index in [4.69, 9.17) is 0 Å². The molecule has 0 radical (unpaired) electrons. The zero-order valence-electron chi connectivity index (χ0n) is 12.0. The topological polar surface area (TPSA) is 12.4 Å². The molecule has 0 spiro atoms. The first kappa shape index (κ1) is 13.3. The third-order valence-corrected chi connectivity index (χ3v) is 4.04. The van der Waals surface area contributed by atoms with Crippen LogP contribution in [0.5, 0.6) is 0 Å². The van der Waals surface area contributed by atoms with Crippen LogP contribution in [0.4, 0.5) is 0 Å². The van der Waals surface area contributed by atoms with Gasteiger partial charge in [0, 0.05) is 12.6 Å². The average molecular weight is 243 g/mol. The zero-order valence-corrected chi connectivity index (χ0v) is 12.0. The molecule has 0 aromatic heterocycles. The highest BCUT2D eigenvalue weighted by atomic mass is 14.7. The summed E-state index contributed by atoms with van der Waals surface area (Å²) in [5, 5.41) is 0. The number of hydrogen-bond acceptors (Lipinski definition) is 1. The minimum Gasteiger partial charge on any atom is -0.261 e. The van der Waals surface area contributed by atoms with Gasteiger partial charge in [-0.3, -0.25) is 4.99 Å². The zero-order chi connectivity index (χ0) is 13.0. The Balaban J connectivity index is 2.29. The molecule has 0 amide bonds. The van der Waals surface area contributed by atoms with Crippen LogP contribution in [0.15, 0.2) is 40.1 Å². The van der Waals surface area contributed by atoms with Crippen molar-refractivity contribution in [3.05, 3.63) is 35.1 Å². The molecule has 0 N–H and O–H groups in total. The molecule has 0 unspecified atom stereocenters. The first-order chi connectivity index (χ1) is 8.62. The van der Waals surface area contributed by atoms with Crippen LogP contribution in [0.1, 0.15) is 59.3 Å². The summed E-state index contributed by atoms with van der Waals surface area (Å²) in [6.07, 6.45) is 16.1. The van der Waals surface area contributed by atoms with Gasteiger partial charge in [0.2, 0.25) is 0 Å². The standard InChI is InChI=1S/C17H25N/c1-4-17(2,3)13-14-9-8-12-18-16-11-7-5-6-10-15(14)16/h9-12H,4-8,13H2,1-3H3. The molecular formula is C17H25N. The van der Waals surface area contributed by atoms with Crippen molar-refractivity contribution in [2.45, 2.75) is 59.3 Å². The SMILES string of the molecule is CCC(C)(C)CC1=CCC=NC2=CCCCC=C12. The Hall–Kier alpha value is -1.11. The van der Waals surface area contributed by atoms with Gasteiger partial charge in [-0.05, 0) is 42.2 Å². The van der Waals surface area contributed by atoms with Crippen LogP contribution in [0.25, 0.3) is 0 Å². The molecule has 98 valence electrons. The molecule has 2 rings (SSSR count). The lowest BCUT2D eigenvalue weighted by Gasteiger charge is -2.25. The van der Waals surface area contributed by atoms with Gasteiger partial charge in [0.15, 0.2) is 0 Å². The van der Waals surface area contributed by atoms with E-state index in [1.165, 1.54) is 36.1 Å². The van der Waals surface area contributed by atoms with E-state index in [0.717, 1.165) is 19.3 Å². The quantitative estimate of drug-likeness (QED) is 0.645. The van der Waals surface area contributed by atoms with Gasteiger partial charge in [0.05, 0.1) is 5.70 Å². The first-order valence-corrected chi connectivity index (χ1v) is 7.25. The number of nitrogens with zero attached hydrogens (tertiary/aromatic N) is 1. The van der Waals surface area contributed by atoms with Gasteiger partial charge >= 0.3 is 0 Å². The number of allylic oxidation sites excluding steroid dienone is 4. The Bertz CT molecular complexity index is 419. The number of aliphatic imine (C=N–C) groups is 1. The van der Waals surface area contributed by atoms with E-state index in [9.17, 15) is 0 Å². The lowest BCUT2D eigenvalue weighted by Crippen LogP contribution is -2.12. The van der Waals surface area contributed by atoms with Crippen LogP contribution >= 0.6 is 0 Å². The molecule has 1 aliphatic heterocycles. The summed E-state index contributed by atoms with van der Waals surface area (Å²) in [6, 6.07) is 0. The maximum atomic E-state index is 4.63. The Morgan fingerprint density at radius 3 is 2.72 bits per heavy atom. The molecule has 0 aromatic rings. The maximum absolute atomic E-state index is 4.63. The lowest BCUT2D eigenvalue weighted by atomic mass is 9.80. The number of hydrogen-bond donors (Lipinski definition) is 0. The molecule has 0 atom stereocenters. The molecule has 0 saturated carbocycles. The van der Waals surface area contributed by atoms with Gasteiger partial charge in [-0.1, -0.05) is 45.4 Å². The van der Waals surface area contributed by atoms with Crippen molar-refractivity contribution in [3.63, 3.8) is 0 Å². The highest BCUT2D eigenvalue weighted by molar-refractivity contribution is 5.67. The predicted octanol–water partition coefficient (Wildman–Crippen LogP) is 5.21. The molecule has 0 bridgehead atoms. The van der Waals surface area contributed by atoms with Gasteiger partial charge in [0.1, 0.15) is 0 Å². The van der Waals surface area contributed by atoms with Crippen molar-refractivity contribution in [3.8, 4) is 0 Å². The fourth-order valence-electron chi connectivity index (χ4n) is 2.50. The van der Waals surface area contributed by atoms with Gasteiger partial charge in [0.25, 0.3) is 0 Å². The molecule has 18 heavy (non-hydrogen) atoms. The highest BCUT2D eigenvalue weighted by Gasteiger charge is 2.21. The smallest absolute Gasteiger partial charge is 0.0657 e. The first-order valence-electron chi connectivity index (χ1n) is 7.25. The van der Waals surface area contributed by atoms with Crippen LogP contribution in [0.2, 0.25) is 0 Å². The second-order valence-electron chi connectivity index (χ2n) is 6.11. The van der Waals surface area contributed by atoms with Crippen molar-refractivity contribution in [1.82, 2.24) is 0 Å². The van der Waals surface area contributed by atoms with E-state index in [0.29, 0.717) is 5.41 Å². The minimum absolute atomic E-state index is 0.383. The molecule has 1 nitrogen and oxygen atoms in total. The van der Waals surface area contributed by atoms with Crippen molar-refractivity contribution < 1.29 is 0 Å². The summed E-state index contributed by atoms with van der Waals surface area (Å²) in [5.41, 5.74) is 4.51. The van der Waals surface area contributed by atoms with E-state index < -0.39 is 0 Å². The van der Waals surface area contributed by atoms with E-state index >= 15 is 0 Å². The van der Waals surface area contributed by atoms with E-state index in [2.05, 4.69) is 50.2 Å². The summed E-state index contributed by atoms with van der Waals surface area (Å²) >= 11 is 0. The van der Waals surface area contributed by atoms with Gasteiger partial charge < -0.3 is 0 Å². The summed E-state index contributed by atoms with van der Waals surface area (Å²) in [7, 11) is 0. The second-order valence-corrected chi connectivity index (χ2v) is 6.11. The fraction of sp³-hybridized carbons (Fsp3) is 0.588. The Labute approximate surface area is 111 Å². The summed E-state index contributed by atoms with van der Waals surface area (Å²) in [4.78, 5) is 4.63. The van der Waals surface area contributed by atoms with E-state index in [1.54, 1.807) is 0 Å². The van der Waals surface area contributed by atoms with Crippen LogP contribution in [-0.4, -0.2) is 6.21 Å². The Morgan fingerprint density at radius 1 is 1.17 bits per heavy atom. The predicted molar refractivity (Wildman–Crippen MR) is 79.9 cm³/mol. The monoisotopic (exact) mass is 243 g/mol. The van der Waals surface area contributed by atoms with Crippen LogP contribution in [0.3, 0.4) is 0 Å². The summed E-state index contributed by atoms with van der Waals surface area (Å²) < 4.78 is 0. The van der Waals surface area contributed by atoms with Crippen molar-refractivity contribution in [2.75, 3.05) is 0 Å². The minimum atomic E-state index is 0.383. The van der Waals surface area contributed by atoms with Crippen LogP contribution in [0, 0.1) is 5.41 Å². The Morgan fingerprint density at radius 2 is 1.94 bits per heavy atom. The third kappa shape index (κ3) is 3.22. The largest absolute Gasteiger partial charge is 0.261 e. The molecule has 1 aliphatic carbocycles. The van der Waals surface area contributed by atoms with Gasteiger partial charge in [-0.25, -0.2) is 0 Å². The number of fused-ring (bicyclic) bond motifs is 1. The molecule has 0 aromatic carbocycles. The molecular weight excluding hydrogens is 218 g/mol. The summed E-state index contributed by atoms with van der Waals surface area (Å²) in [5.74, 6) is 0. The normalized spacial score (nSPS) is 20.3. The summed E-state index contributed by atoms with van der Waals surface area (Å²) in [6.45, 7) is 7.01. The fourth-order valence-corrected chi connectivity index (χ4v) is 2.50. The van der Waals surface area contributed by atoms with Crippen LogP contribution in [-0.2, 0) is 0 Å². The highest BCUT2D eigenvalue weighted by Crippen LogP contribution is 2.36. The van der Waals surface area contributed by atoms with Crippen LogP contribution < -0.4 is 0 Å². The second kappa shape index (κ2) is 5.69. The Kier molecular flexibility index (Phi) is 4.21. The van der Waals surface area contributed by atoms with Crippen molar-refractivity contribution in [1.29, 1.82) is 0 Å². The molecule has 2 aliphatic rings. The van der Waals surface area contributed by atoms with E-state index in [-0.39, 0.29) is 0 Å². The molecule has 0 saturated heterocycles. The van der Waals surface area contributed by atoms with E-state index in [1.807, 2.05) is 0 Å². The third-order valence-electron chi connectivity index (χ3n) is 4.04. The average Bonchev–Trinajstić information content (AvgIpc) is 2.66. The maximum Gasteiger partial charge on any atom is 0.0657 e.